The third-order valence-electron chi connectivity index (χ3n) is 7.52. The van der Waals surface area contributed by atoms with Gasteiger partial charge < -0.3 is 9.64 Å². The summed E-state index contributed by atoms with van der Waals surface area (Å²) in [4.78, 5) is 33.6. The summed E-state index contributed by atoms with van der Waals surface area (Å²) in [6.07, 6.45) is 7.49. The number of carbonyl (C=O) groups excluding carboxylic acids is 1. The summed E-state index contributed by atoms with van der Waals surface area (Å²) in [6.45, 7) is 21.4. The molecule has 0 saturated carbocycles. The van der Waals surface area contributed by atoms with Gasteiger partial charge >= 0.3 is 5.69 Å². The summed E-state index contributed by atoms with van der Waals surface area (Å²) in [5, 5.41) is 1.03. The molecule has 1 amide bonds. The molecule has 0 saturated heterocycles. The SMILES string of the molecule is CCCN(CCCCc1cnc(-c2cc(C(C)(C)C)c(OC)c(C(C)(C)C)c2)s1)C(=O)Cn1cc(C)n(CC)c1=O. The van der Waals surface area contributed by atoms with E-state index in [-0.39, 0.29) is 29.0 Å². The lowest BCUT2D eigenvalue weighted by atomic mass is 9.78. The molecule has 0 fully saturated rings. The summed E-state index contributed by atoms with van der Waals surface area (Å²) in [5.74, 6) is 0.978. The fourth-order valence-corrected chi connectivity index (χ4v) is 6.22. The Labute approximate surface area is 250 Å². The van der Waals surface area contributed by atoms with Gasteiger partial charge in [0.05, 0.1) is 7.11 Å². The van der Waals surface area contributed by atoms with E-state index in [1.54, 1.807) is 29.2 Å². The zero-order valence-corrected chi connectivity index (χ0v) is 27.7. The molecule has 0 unspecified atom stereocenters. The first-order chi connectivity index (χ1) is 19.2. The highest BCUT2D eigenvalue weighted by atomic mass is 32.1. The Morgan fingerprint density at radius 2 is 1.66 bits per heavy atom. The second kappa shape index (κ2) is 13.4. The number of rotatable bonds is 12. The van der Waals surface area contributed by atoms with E-state index < -0.39 is 0 Å². The molecule has 0 aliphatic heterocycles. The molecular weight excluding hydrogens is 532 g/mol. The number of hydrogen-bond acceptors (Lipinski definition) is 5. The third-order valence-corrected chi connectivity index (χ3v) is 8.63. The second-order valence-electron chi connectivity index (χ2n) is 13.0. The zero-order valence-electron chi connectivity index (χ0n) is 26.9. The van der Waals surface area contributed by atoms with E-state index in [0.717, 1.165) is 47.7 Å². The molecule has 0 atom stereocenters. The number of benzene rings is 1. The smallest absolute Gasteiger partial charge is 0.328 e. The number of nitrogens with zero attached hydrogens (tertiary/aromatic N) is 4. The van der Waals surface area contributed by atoms with Crippen LogP contribution in [0.2, 0.25) is 0 Å². The van der Waals surface area contributed by atoms with Crippen LogP contribution >= 0.6 is 11.3 Å². The van der Waals surface area contributed by atoms with Crippen LogP contribution in [0.5, 0.6) is 5.75 Å². The van der Waals surface area contributed by atoms with E-state index in [2.05, 4.69) is 60.6 Å². The molecule has 0 aliphatic carbocycles. The van der Waals surface area contributed by atoms with Crippen molar-refractivity contribution in [1.29, 1.82) is 0 Å². The van der Waals surface area contributed by atoms with E-state index in [9.17, 15) is 9.59 Å². The molecule has 0 radical (unpaired) electrons. The van der Waals surface area contributed by atoms with E-state index >= 15 is 0 Å². The largest absolute Gasteiger partial charge is 0.496 e. The number of amides is 1. The van der Waals surface area contributed by atoms with Crippen LogP contribution in [0.4, 0.5) is 0 Å². The molecule has 2 aromatic heterocycles. The van der Waals surface area contributed by atoms with E-state index in [4.69, 9.17) is 9.72 Å². The summed E-state index contributed by atoms with van der Waals surface area (Å²) >= 11 is 1.75. The third kappa shape index (κ3) is 7.91. The second-order valence-corrected chi connectivity index (χ2v) is 14.1. The number of aryl methyl sites for hydroxylation is 2. The average molecular weight is 583 g/mol. The quantitative estimate of drug-likeness (QED) is 0.216. The average Bonchev–Trinajstić information content (AvgIpc) is 3.47. The first-order valence-corrected chi connectivity index (χ1v) is 15.7. The molecule has 3 rings (SSSR count). The molecule has 0 N–H and O–H groups in total. The summed E-state index contributed by atoms with van der Waals surface area (Å²) in [6, 6.07) is 4.49. The molecule has 8 heteroatoms. The predicted molar refractivity (Wildman–Crippen MR) is 170 cm³/mol. The van der Waals surface area contributed by atoms with Crippen molar-refractivity contribution >= 4 is 17.2 Å². The summed E-state index contributed by atoms with van der Waals surface area (Å²) in [5.41, 5.74) is 4.18. The van der Waals surface area contributed by atoms with Crippen LogP contribution in [0.3, 0.4) is 0 Å². The van der Waals surface area contributed by atoms with Crippen LogP contribution in [-0.4, -0.2) is 45.1 Å². The molecule has 3 aromatic rings. The molecule has 0 aliphatic rings. The number of thiazole rings is 1. The fourth-order valence-electron chi connectivity index (χ4n) is 5.28. The Kier molecular flexibility index (Phi) is 10.7. The number of unbranched alkanes of at least 4 members (excludes halogenated alkanes) is 1. The lowest BCUT2D eigenvalue weighted by Gasteiger charge is -2.29. The van der Waals surface area contributed by atoms with Gasteiger partial charge in [0.2, 0.25) is 5.91 Å². The van der Waals surface area contributed by atoms with Crippen molar-refractivity contribution in [3.8, 4) is 16.3 Å². The van der Waals surface area contributed by atoms with Crippen LogP contribution < -0.4 is 10.4 Å². The Balaban J connectivity index is 1.68. The number of imidazole rings is 1. The highest BCUT2D eigenvalue weighted by molar-refractivity contribution is 7.15. The van der Waals surface area contributed by atoms with E-state index in [1.165, 1.54) is 20.6 Å². The molecular formula is C33H50N4O3S. The summed E-state index contributed by atoms with van der Waals surface area (Å²) < 4.78 is 9.17. The number of carbonyl (C=O) groups is 1. The maximum atomic E-state index is 13.1. The normalized spacial score (nSPS) is 12.1. The lowest BCUT2D eigenvalue weighted by molar-refractivity contribution is -0.132. The lowest BCUT2D eigenvalue weighted by Crippen LogP contribution is -2.37. The van der Waals surface area contributed by atoms with Gasteiger partial charge in [0.25, 0.3) is 0 Å². The van der Waals surface area contributed by atoms with Crippen molar-refractivity contribution in [2.75, 3.05) is 20.2 Å². The minimum atomic E-state index is -0.114. The van der Waals surface area contributed by atoms with Crippen molar-refractivity contribution in [1.82, 2.24) is 19.0 Å². The monoisotopic (exact) mass is 582 g/mol. The molecule has 226 valence electrons. The van der Waals surface area contributed by atoms with Crippen molar-refractivity contribution in [2.24, 2.45) is 0 Å². The predicted octanol–water partition coefficient (Wildman–Crippen LogP) is 6.97. The molecule has 0 spiro atoms. The Hall–Kier alpha value is -2.87. The number of aromatic nitrogens is 3. The minimum Gasteiger partial charge on any atom is -0.496 e. The van der Waals surface area contributed by atoms with Crippen LogP contribution in [0.25, 0.3) is 10.6 Å². The van der Waals surface area contributed by atoms with E-state index in [0.29, 0.717) is 19.6 Å². The van der Waals surface area contributed by atoms with Crippen molar-refractivity contribution < 1.29 is 9.53 Å². The molecule has 0 bridgehead atoms. The van der Waals surface area contributed by atoms with Crippen LogP contribution in [0.15, 0.2) is 29.3 Å². The standard InChI is InChI=1S/C33H50N4O3S/c1-11-16-35(28(38)22-36-21-23(3)37(12-2)31(36)39)17-14-13-15-25-20-34-30(41-25)24-18-26(32(4,5)6)29(40-10)27(19-24)33(7,8)9/h18-21H,11-17,22H2,1-10H3. The Morgan fingerprint density at radius 1 is 1.02 bits per heavy atom. The van der Waals surface area contributed by atoms with Gasteiger partial charge in [-0.15, -0.1) is 11.3 Å². The molecule has 7 nitrogen and oxygen atoms in total. The van der Waals surface area contributed by atoms with Crippen LogP contribution in [0, 0.1) is 6.92 Å². The van der Waals surface area contributed by atoms with Crippen molar-refractivity contribution in [2.45, 2.75) is 112 Å². The van der Waals surface area contributed by atoms with Gasteiger partial charge in [-0.25, -0.2) is 9.78 Å². The van der Waals surface area contributed by atoms with Gasteiger partial charge in [0, 0.05) is 59.3 Å². The maximum absolute atomic E-state index is 13.1. The van der Waals surface area contributed by atoms with Crippen LogP contribution in [0.1, 0.15) is 96.4 Å². The zero-order chi connectivity index (χ0) is 30.5. The van der Waals surface area contributed by atoms with Crippen molar-refractivity contribution in [3.63, 3.8) is 0 Å². The van der Waals surface area contributed by atoms with Gasteiger partial charge in [0.1, 0.15) is 17.3 Å². The van der Waals surface area contributed by atoms with Gasteiger partial charge in [-0.2, -0.15) is 0 Å². The van der Waals surface area contributed by atoms with Crippen LogP contribution in [-0.2, 0) is 35.1 Å². The van der Waals surface area contributed by atoms with Gasteiger partial charge in [-0.3, -0.25) is 13.9 Å². The Bertz CT molecular complexity index is 1350. The summed E-state index contributed by atoms with van der Waals surface area (Å²) in [7, 11) is 1.76. The van der Waals surface area contributed by atoms with Gasteiger partial charge in [0.15, 0.2) is 0 Å². The number of methoxy groups -OCH3 is 1. The van der Waals surface area contributed by atoms with E-state index in [1.807, 2.05) is 24.9 Å². The first-order valence-electron chi connectivity index (χ1n) is 14.9. The topological polar surface area (TPSA) is 69.4 Å². The van der Waals surface area contributed by atoms with Gasteiger partial charge in [-0.1, -0.05) is 48.5 Å². The van der Waals surface area contributed by atoms with Gasteiger partial charge in [-0.05, 0) is 62.5 Å². The number of ether oxygens (including phenoxy) is 1. The highest BCUT2D eigenvalue weighted by Crippen LogP contribution is 2.43. The highest BCUT2D eigenvalue weighted by Gasteiger charge is 2.28. The Morgan fingerprint density at radius 3 is 2.17 bits per heavy atom. The minimum absolute atomic E-state index is 0.00564. The molecule has 41 heavy (non-hydrogen) atoms. The molecule has 1 aromatic carbocycles. The fraction of sp³-hybridized carbons (Fsp3) is 0.606. The van der Waals surface area contributed by atoms with Crippen molar-refractivity contribution in [3.05, 3.63) is 56.7 Å². The first kappa shape index (κ1) is 32.6. The maximum Gasteiger partial charge on any atom is 0.328 e. The number of hydrogen-bond donors (Lipinski definition) is 0. The molecule has 2 heterocycles.